The van der Waals surface area contributed by atoms with E-state index in [4.69, 9.17) is 4.74 Å². The number of aromatic carboxylic acids is 1. The second-order valence-electron chi connectivity index (χ2n) is 12.7. The first kappa shape index (κ1) is 28.9. The Morgan fingerprint density at radius 3 is 2.35 bits per heavy atom. The quantitative estimate of drug-likeness (QED) is 0.277. The molecule has 0 saturated heterocycles. The number of carbonyl (C=O) groups is 1. The van der Waals surface area contributed by atoms with E-state index in [9.17, 15) is 22.9 Å². The van der Waals surface area contributed by atoms with E-state index < -0.39 is 27.4 Å². The molecule has 1 N–H and O–H groups in total. The number of carboxylic acid groups (broad SMARTS) is 1. The summed E-state index contributed by atoms with van der Waals surface area (Å²) in [5.74, 6) is -0.617. The number of nitrogens with zero attached hydrogens (tertiary/aromatic N) is 2. The van der Waals surface area contributed by atoms with Crippen LogP contribution in [0, 0.1) is 0 Å². The van der Waals surface area contributed by atoms with Gasteiger partial charge in [-0.05, 0) is 61.8 Å². The topological polar surface area (TPSA) is 110 Å². The van der Waals surface area contributed by atoms with Crippen molar-refractivity contribution < 1.29 is 27.6 Å². The number of likely N-dealkylation sites (N-methyl/N-ethyl adjacent to an activating group) is 2. The Labute approximate surface area is 251 Å². The van der Waals surface area contributed by atoms with Crippen molar-refractivity contribution >= 4 is 38.5 Å². The second kappa shape index (κ2) is 9.39. The van der Waals surface area contributed by atoms with E-state index in [1.165, 1.54) is 0 Å². The number of rotatable bonds is 4. The molecule has 0 spiro atoms. The van der Waals surface area contributed by atoms with Crippen molar-refractivity contribution in [2.24, 2.45) is 0 Å². The first-order valence-corrected chi connectivity index (χ1v) is 15.6. The van der Waals surface area contributed by atoms with E-state index in [2.05, 4.69) is 31.7 Å². The summed E-state index contributed by atoms with van der Waals surface area (Å²) in [6.45, 7) is 10.3. The maximum atomic E-state index is 12.5. The van der Waals surface area contributed by atoms with Crippen molar-refractivity contribution in [1.82, 2.24) is 4.58 Å². The van der Waals surface area contributed by atoms with Crippen LogP contribution in [0.1, 0.15) is 67.2 Å². The standard InChI is InChI=1S/C34H34N2O6S/c1-19-16-33(2,3)35(6)27-14-29-25(12-23(19)27)31(21-10-8-9-11-22(21)32(37)38)26-13-24-20(18-43(39,40)41)17-34(4,5)36(7)28(24)15-30(26)42-29/h8-17H,18H2,1-7H3,(H-,37,38,39,40,41). The van der Waals surface area contributed by atoms with E-state index >= 15 is 0 Å². The van der Waals surface area contributed by atoms with Gasteiger partial charge in [-0.2, -0.15) is 0 Å². The summed E-state index contributed by atoms with van der Waals surface area (Å²) in [5.41, 5.74) is 5.34. The van der Waals surface area contributed by atoms with Crippen molar-refractivity contribution in [3.8, 4) is 11.5 Å². The van der Waals surface area contributed by atoms with Crippen molar-refractivity contribution in [1.29, 1.82) is 0 Å². The van der Waals surface area contributed by atoms with Crippen LogP contribution in [0.4, 0.5) is 5.69 Å². The van der Waals surface area contributed by atoms with Crippen LogP contribution in [0.25, 0.3) is 16.7 Å². The van der Waals surface area contributed by atoms with Gasteiger partial charge < -0.3 is 19.3 Å². The average molecular weight is 599 g/mol. The molecule has 6 rings (SSSR count). The molecule has 9 heteroatoms. The zero-order chi connectivity index (χ0) is 31.2. The lowest BCUT2D eigenvalue weighted by atomic mass is 9.83. The number of ether oxygens (including phenoxy) is 1. The zero-order valence-electron chi connectivity index (χ0n) is 25.3. The lowest BCUT2D eigenvalue weighted by Gasteiger charge is -2.41. The van der Waals surface area contributed by atoms with Gasteiger partial charge in [0.1, 0.15) is 18.5 Å². The van der Waals surface area contributed by atoms with Crippen LogP contribution < -0.4 is 24.8 Å². The van der Waals surface area contributed by atoms with Crippen LogP contribution in [0.2, 0.25) is 0 Å². The minimum absolute atomic E-state index is 0.133. The molecule has 0 atom stereocenters. The SMILES string of the molecule is CC1=CC(C)(C)N(C)c2cc3c(cc21)C(c1ccccc1C(=O)O)=c1cc2c(cc1O3)=[N+](C)C(C)(C)C=C2CS(=O)(=O)[O-]. The first-order chi connectivity index (χ1) is 20.0. The summed E-state index contributed by atoms with van der Waals surface area (Å²) in [4.78, 5) is 14.7. The number of hydrogen-bond acceptors (Lipinski definition) is 6. The number of anilines is 1. The lowest BCUT2D eigenvalue weighted by molar-refractivity contribution is 0.0696. The minimum atomic E-state index is -4.58. The largest absolute Gasteiger partial charge is 0.748 e. The van der Waals surface area contributed by atoms with Crippen LogP contribution in [0.3, 0.4) is 0 Å². The number of hydrogen-bond donors (Lipinski definition) is 1. The molecule has 43 heavy (non-hydrogen) atoms. The Bertz CT molecular complexity index is 2070. The summed E-state index contributed by atoms with van der Waals surface area (Å²) >= 11 is 0. The predicted octanol–water partition coefficient (Wildman–Crippen LogP) is 4.21. The maximum absolute atomic E-state index is 12.5. The molecule has 3 aliphatic rings. The van der Waals surface area contributed by atoms with E-state index in [0.29, 0.717) is 44.3 Å². The van der Waals surface area contributed by atoms with E-state index in [-0.39, 0.29) is 11.1 Å². The monoisotopic (exact) mass is 598 g/mol. The molecule has 3 aliphatic heterocycles. The highest BCUT2D eigenvalue weighted by Crippen LogP contribution is 2.46. The lowest BCUT2D eigenvalue weighted by Crippen LogP contribution is -2.47. The van der Waals surface area contributed by atoms with Gasteiger partial charge in [0, 0.05) is 54.6 Å². The molecule has 0 bridgehead atoms. The molecule has 0 unspecified atom stereocenters. The van der Waals surface area contributed by atoms with E-state index in [1.54, 1.807) is 24.3 Å². The second-order valence-corrected chi connectivity index (χ2v) is 14.1. The van der Waals surface area contributed by atoms with Gasteiger partial charge in [0.25, 0.3) is 0 Å². The van der Waals surface area contributed by atoms with Gasteiger partial charge in [0.05, 0.1) is 38.6 Å². The summed E-state index contributed by atoms with van der Waals surface area (Å²) in [5, 5.41) is 11.5. The summed E-state index contributed by atoms with van der Waals surface area (Å²) in [6, 6.07) is 14.6. The van der Waals surface area contributed by atoms with Crippen LogP contribution >= 0.6 is 0 Å². The molecule has 8 nitrogen and oxygen atoms in total. The maximum Gasteiger partial charge on any atom is 0.336 e. The van der Waals surface area contributed by atoms with Gasteiger partial charge in [-0.15, -0.1) is 0 Å². The van der Waals surface area contributed by atoms with Gasteiger partial charge in [-0.1, -0.05) is 24.3 Å². The van der Waals surface area contributed by atoms with Crippen molar-refractivity contribution in [3.05, 3.63) is 99.1 Å². The van der Waals surface area contributed by atoms with Crippen molar-refractivity contribution in [3.63, 3.8) is 0 Å². The minimum Gasteiger partial charge on any atom is -0.748 e. The Hall–Kier alpha value is -4.21. The predicted molar refractivity (Wildman–Crippen MR) is 167 cm³/mol. The Kier molecular flexibility index (Phi) is 6.31. The molecule has 0 aliphatic carbocycles. The molecule has 0 saturated carbocycles. The number of benzene rings is 3. The fraction of sp³-hybridized carbons (Fsp3) is 0.294. The van der Waals surface area contributed by atoms with Crippen LogP contribution in [0.5, 0.6) is 11.5 Å². The molecule has 0 fully saturated rings. The normalized spacial score (nSPS) is 18.0. The fourth-order valence-electron chi connectivity index (χ4n) is 6.50. The molecule has 3 heterocycles. The van der Waals surface area contributed by atoms with Crippen LogP contribution in [0.15, 0.2) is 60.7 Å². The van der Waals surface area contributed by atoms with Crippen LogP contribution in [-0.2, 0) is 10.1 Å². The van der Waals surface area contributed by atoms with E-state index in [0.717, 1.165) is 22.4 Å². The number of carboxylic acids is 1. The third kappa shape index (κ3) is 4.67. The number of allylic oxidation sites excluding steroid dienone is 1. The zero-order valence-corrected chi connectivity index (χ0v) is 26.1. The number of fused-ring (bicyclic) bond motifs is 4. The Morgan fingerprint density at radius 1 is 0.977 bits per heavy atom. The van der Waals surface area contributed by atoms with Gasteiger partial charge in [0.15, 0.2) is 5.54 Å². The molecular formula is C34H34N2O6S. The van der Waals surface area contributed by atoms with Crippen molar-refractivity contribution in [2.75, 3.05) is 24.7 Å². The molecule has 222 valence electrons. The summed E-state index contributed by atoms with van der Waals surface area (Å²) in [7, 11) is -0.630. The molecule has 3 aromatic rings. The first-order valence-electron chi connectivity index (χ1n) is 14.1. The van der Waals surface area contributed by atoms with Crippen molar-refractivity contribution in [2.45, 2.75) is 45.7 Å². The van der Waals surface area contributed by atoms with Gasteiger partial charge in [0.2, 0.25) is 5.36 Å². The highest BCUT2D eigenvalue weighted by atomic mass is 32.2. The highest BCUT2D eigenvalue weighted by Gasteiger charge is 2.36. The highest BCUT2D eigenvalue weighted by molar-refractivity contribution is 7.86. The molecule has 3 aromatic carbocycles. The average Bonchev–Trinajstić information content (AvgIpc) is 2.90. The third-order valence-electron chi connectivity index (χ3n) is 9.03. The summed E-state index contributed by atoms with van der Waals surface area (Å²) in [6.07, 6.45) is 4.01. The molecule has 0 aromatic heterocycles. The van der Waals surface area contributed by atoms with Gasteiger partial charge >= 0.3 is 5.97 Å². The third-order valence-corrected chi connectivity index (χ3v) is 9.70. The fourth-order valence-corrected chi connectivity index (χ4v) is 7.12. The Morgan fingerprint density at radius 2 is 1.67 bits per heavy atom. The summed E-state index contributed by atoms with van der Waals surface area (Å²) < 4.78 is 44.6. The van der Waals surface area contributed by atoms with Crippen LogP contribution in [-0.4, -0.2) is 55.0 Å². The van der Waals surface area contributed by atoms with Gasteiger partial charge in [-0.25, -0.2) is 17.8 Å². The molecule has 0 radical (unpaired) electrons. The smallest absolute Gasteiger partial charge is 0.336 e. The molecular weight excluding hydrogens is 564 g/mol. The molecule has 0 amide bonds. The Balaban J connectivity index is 1.77. The van der Waals surface area contributed by atoms with E-state index in [1.807, 2.05) is 62.9 Å². The van der Waals surface area contributed by atoms with Gasteiger partial charge in [-0.3, -0.25) is 0 Å².